The van der Waals surface area contributed by atoms with Gasteiger partial charge in [0.2, 0.25) is 5.82 Å². The molecule has 5 rings (SSSR count). The molecule has 0 aliphatic carbocycles. The van der Waals surface area contributed by atoms with Crippen LogP contribution in [0.15, 0.2) is 60.8 Å². The Hall–Kier alpha value is -3.45. The van der Waals surface area contributed by atoms with Crippen molar-refractivity contribution in [3.8, 4) is 11.3 Å². The molecule has 0 spiro atoms. The molecule has 0 saturated carbocycles. The molecule has 1 aromatic carbocycles. The topological polar surface area (TPSA) is 67.2 Å². The highest BCUT2D eigenvalue weighted by atomic mass is 35.5. The Bertz CT molecular complexity index is 1230. The number of carbonyl (C=O) groups excluding carboxylic acids is 1. The minimum absolute atomic E-state index is 0.0986. The van der Waals surface area contributed by atoms with E-state index in [1.807, 2.05) is 66.5 Å². The number of piperazine rings is 1. The molecule has 0 radical (unpaired) electrons. The fourth-order valence-corrected chi connectivity index (χ4v) is 4.15. The van der Waals surface area contributed by atoms with Crippen molar-refractivity contribution in [2.75, 3.05) is 31.1 Å². The van der Waals surface area contributed by atoms with E-state index in [2.05, 4.69) is 19.9 Å². The summed E-state index contributed by atoms with van der Waals surface area (Å²) in [6.45, 7) is 2.69. The van der Waals surface area contributed by atoms with E-state index in [4.69, 9.17) is 11.6 Å². The van der Waals surface area contributed by atoms with Crippen molar-refractivity contribution in [2.24, 2.45) is 7.05 Å². The predicted octanol–water partition coefficient (Wildman–Crippen LogP) is 3.65. The molecule has 1 aliphatic rings. The van der Waals surface area contributed by atoms with Crippen LogP contribution >= 0.6 is 11.6 Å². The largest absolute Gasteiger partial charge is 0.353 e. The lowest BCUT2D eigenvalue weighted by atomic mass is 10.1. The van der Waals surface area contributed by atoms with Crippen LogP contribution in [-0.2, 0) is 7.05 Å². The average molecular weight is 433 g/mol. The van der Waals surface area contributed by atoms with Crippen molar-refractivity contribution in [1.82, 2.24) is 24.4 Å². The highest BCUT2D eigenvalue weighted by Gasteiger charge is 2.27. The molecule has 156 valence electrons. The van der Waals surface area contributed by atoms with E-state index in [0.717, 1.165) is 30.0 Å². The quantitative estimate of drug-likeness (QED) is 0.494. The van der Waals surface area contributed by atoms with E-state index in [1.165, 1.54) is 0 Å². The second-order valence-corrected chi connectivity index (χ2v) is 7.90. The number of halogens is 1. The third-order valence-corrected chi connectivity index (χ3v) is 5.89. The van der Waals surface area contributed by atoms with Crippen molar-refractivity contribution in [2.45, 2.75) is 0 Å². The lowest BCUT2D eigenvalue weighted by Gasteiger charge is -2.35. The van der Waals surface area contributed by atoms with Crippen LogP contribution in [0, 0.1) is 0 Å². The van der Waals surface area contributed by atoms with Gasteiger partial charge >= 0.3 is 0 Å². The zero-order chi connectivity index (χ0) is 21.4. The van der Waals surface area contributed by atoms with Gasteiger partial charge in [-0.15, -0.1) is 0 Å². The molecule has 4 aromatic rings. The summed E-state index contributed by atoms with van der Waals surface area (Å²) < 4.78 is 1.77. The number of anilines is 1. The Morgan fingerprint density at radius 3 is 2.42 bits per heavy atom. The summed E-state index contributed by atoms with van der Waals surface area (Å²) in [5.41, 5.74) is 2.83. The van der Waals surface area contributed by atoms with Crippen molar-refractivity contribution in [3.05, 3.63) is 71.6 Å². The molecule has 0 bridgehead atoms. The molecule has 1 fully saturated rings. The lowest BCUT2D eigenvalue weighted by molar-refractivity contribution is 0.0731. The molecule has 4 heterocycles. The molecule has 0 N–H and O–H groups in total. The van der Waals surface area contributed by atoms with Gasteiger partial charge in [-0.05, 0) is 18.2 Å². The molecule has 1 amide bonds. The van der Waals surface area contributed by atoms with Gasteiger partial charge in [0.1, 0.15) is 5.82 Å². The van der Waals surface area contributed by atoms with Gasteiger partial charge in [-0.1, -0.05) is 48.0 Å². The monoisotopic (exact) mass is 432 g/mol. The normalized spacial score (nSPS) is 14.3. The number of carbonyl (C=O) groups is 1. The number of fused-ring (bicyclic) bond motifs is 1. The third kappa shape index (κ3) is 3.61. The number of aromatic nitrogens is 4. The van der Waals surface area contributed by atoms with E-state index in [9.17, 15) is 4.79 Å². The first kappa shape index (κ1) is 19.5. The average Bonchev–Trinajstić information content (AvgIpc) is 3.14. The number of rotatable bonds is 3. The first-order valence-electron chi connectivity index (χ1n) is 10.2. The molecule has 31 heavy (non-hydrogen) atoms. The molecule has 1 aliphatic heterocycles. The number of aryl methyl sites for hydroxylation is 1. The standard InChI is InChI=1S/C23H21ClN6O/c1-28-18-15-17(24)20(16-7-3-2-4-8-16)26-21(18)27-22(28)23(31)30-13-11-29(12-14-30)19-9-5-6-10-25-19/h2-10,15H,11-14H2,1H3. The Morgan fingerprint density at radius 1 is 0.968 bits per heavy atom. The second-order valence-electron chi connectivity index (χ2n) is 7.49. The number of amides is 1. The van der Waals surface area contributed by atoms with Crippen LogP contribution in [0.4, 0.5) is 5.82 Å². The maximum absolute atomic E-state index is 13.2. The van der Waals surface area contributed by atoms with Gasteiger partial charge in [0.25, 0.3) is 5.91 Å². The Kier molecular flexibility index (Phi) is 5.03. The smallest absolute Gasteiger partial charge is 0.290 e. The van der Waals surface area contributed by atoms with Gasteiger partial charge in [0, 0.05) is 45.0 Å². The highest BCUT2D eigenvalue weighted by molar-refractivity contribution is 6.33. The molecule has 7 nitrogen and oxygen atoms in total. The molecule has 0 unspecified atom stereocenters. The Labute approximate surface area is 184 Å². The molecular weight excluding hydrogens is 412 g/mol. The van der Waals surface area contributed by atoms with Crippen molar-refractivity contribution < 1.29 is 4.79 Å². The zero-order valence-corrected chi connectivity index (χ0v) is 17.8. The van der Waals surface area contributed by atoms with Crippen LogP contribution in [0.1, 0.15) is 10.6 Å². The van der Waals surface area contributed by atoms with Crippen LogP contribution < -0.4 is 4.90 Å². The number of imidazole rings is 1. The molecule has 0 atom stereocenters. The summed E-state index contributed by atoms with van der Waals surface area (Å²) in [7, 11) is 1.83. The van der Waals surface area contributed by atoms with E-state index >= 15 is 0 Å². The summed E-state index contributed by atoms with van der Waals surface area (Å²) in [5.74, 6) is 1.21. The fraction of sp³-hybridized carbons (Fsp3) is 0.217. The minimum Gasteiger partial charge on any atom is -0.353 e. The van der Waals surface area contributed by atoms with Crippen molar-refractivity contribution in [3.63, 3.8) is 0 Å². The number of benzene rings is 1. The van der Waals surface area contributed by atoms with Crippen LogP contribution in [0.25, 0.3) is 22.4 Å². The Morgan fingerprint density at radius 2 is 1.71 bits per heavy atom. The Balaban J connectivity index is 1.40. The number of hydrogen-bond acceptors (Lipinski definition) is 5. The minimum atomic E-state index is -0.0986. The number of nitrogens with zero attached hydrogens (tertiary/aromatic N) is 6. The van der Waals surface area contributed by atoms with Crippen LogP contribution in [0.2, 0.25) is 5.02 Å². The number of hydrogen-bond donors (Lipinski definition) is 0. The molecule has 3 aromatic heterocycles. The zero-order valence-electron chi connectivity index (χ0n) is 17.1. The molecule has 8 heteroatoms. The number of pyridine rings is 2. The molecule has 1 saturated heterocycles. The summed E-state index contributed by atoms with van der Waals surface area (Å²) in [5, 5.41) is 0.532. The van der Waals surface area contributed by atoms with Gasteiger partial charge < -0.3 is 14.4 Å². The van der Waals surface area contributed by atoms with E-state index in [1.54, 1.807) is 10.8 Å². The lowest BCUT2D eigenvalue weighted by Crippen LogP contribution is -2.49. The first-order chi connectivity index (χ1) is 15.1. The van der Waals surface area contributed by atoms with Gasteiger partial charge in [-0.3, -0.25) is 4.79 Å². The predicted molar refractivity (Wildman–Crippen MR) is 121 cm³/mol. The SMILES string of the molecule is Cn1c(C(=O)N2CCN(c3ccccn3)CC2)nc2nc(-c3ccccc3)c(Cl)cc21. The second kappa shape index (κ2) is 8.00. The first-order valence-corrected chi connectivity index (χ1v) is 10.5. The molecular formula is C23H21ClN6O. The van der Waals surface area contributed by atoms with E-state index in [-0.39, 0.29) is 5.91 Å². The van der Waals surface area contributed by atoms with Gasteiger partial charge in [0.15, 0.2) is 5.65 Å². The maximum Gasteiger partial charge on any atom is 0.290 e. The van der Waals surface area contributed by atoms with Crippen LogP contribution in [0.3, 0.4) is 0 Å². The maximum atomic E-state index is 13.2. The van der Waals surface area contributed by atoms with Crippen LogP contribution in [-0.4, -0.2) is 56.5 Å². The summed E-state index contributed by atoms with van der Waals surface area (Å²) in [6.07, 6.45) is 1.79. The highest BCUT2D eigenvalue weighted by Crippen LogP contribution is 2.29. The summed E-state index contributed by atoms with van der Waals surface area (Å²) in [4.78, 5) is 30.9. The van der Waals surface area contributed by atoms with Gasteiger partial charge in [0.05, 0.1) is 16.2 Å². The summed E-state index contributed by atoms with van der Waals surface area (Å²) in [6, 6.07) is 17.4. The van der Waals surface area contributed by atoms with Gasteiger partial charge in [-0.25, -0.2) is 15.0 Å². The van der Waals surface area contributed by atoms with E-state index in [0.29, 0.717) is 35.3 Å². The van der Waals surface area contributed by atoms with Crippen LogP contribution in [0.5, 0.6) is 0 Å². The summed E-state index contributed by atoms with van der Waals surface area (Å²) >= 11 is 6.51. The fourth-order valence-electron chi connectivity index (χ4n) is 3.90. The van der Waals surface area contributed by atoms with Gasteiger partial charge in [-0.2, -0.15) is 0 Å². The van der Waals surface area contributed by atoms with E-state index < -0.39 is 0 Å². The third-order valence-electron chi connectivity index (χ3n) is 5.61. The van der Waals surface area contributed by atoms with Crippen molar-refractivity contribution in [1.29, 1.82) is 0 Å². The van der Waals surface area contributed by atoms with Crippen molar-refractivity contribution >= 4 is 34.5 Å².